The topological polar surface area (TPSA) is 45.9 Å². The molecule has 80 valence electrons. The van der Waals surface area contributed by atoms with E-state index < -0.39 is 24.5 Å². The molecule has 0 radical (unpaired) electrons. The Morgan fingerprint density at radius 2 is 2.13 bits per heavy atom. The van der Waals surface area contributed by atoms with Gasteiger partial charge in [-0.25, -0.2) is 9.37 Å². The van der Waals surface area contributed by atoms with Crippen molar-refractivity contribution in [2.24, 2.45) is 0 Å². The Labute approximate surface area is 81.9 Å². The Hall–Kier alpha value is -1.84. The first-order chi connectivity index (χ1) is 6.96. The molecule has 0 saturated heterocycles. The Morgan fingerprint density at radius 1 is 1.47 bits per heavy atom. The molecule has 0 aliphatic heterocycles. The molecule has 0 saturated carbocycles. The highest BCUT2D eigenvalue weighted by molar-refractivity contribution is 5.39. The number of alkyl halides is 4. The molecule has 0 fully saturated rings. The molecule has 3 nitrogen and oxygen atoms in total. The minimum atomic E-state index is -4.92. The fourth-order valence-corrected chi connectivity index (χ4v) is 0.840. The van der Waals surface area contributed by atoms with E-state index in [0.29, 0.717) is 0 Å². The fourth-order valence-electron chi connectivity index (χ4n) is 0.840. The second kappa shape index (κ2) is 4.13. The molecule has 0 unspecified atom stereocenters. The molecule has 0 aromatic carbocycles. The number of nitriles is 1. The number of hydrogen-bond donors (Lipinski definition) is 0. The zero-order valence-electron chi connectivity index (χ0n) is 7.18. The van der Waals surface area contributed by atoms with Gasteiger partial charge in [0.1, 0.15) is 18.3 Å². The summed E-state index contributed by atoms with van der Waals surface area (Å²) in [6, 6.07) is 2.39. The van der Waals surface area contributed by atoms with E-state index in [-0.39, 0.29) is 5.56 Å². The van der Waals surface area contributed by atoms with Gasteiger partial charge in [-0.15, -0.1) is 13.2 Å². The van der Waals surface area contributed by atoms with Crippen LogP contribution >= 0.6 is 0 Å². The van der Waals surface area contributed by atoms with E-state index in [9.17, 15) is 17.6 Å². The first-order valence-electron chi connectivity index (χ1n) is 3.67. The SMILES string of the molecule is N#Cc1cc(CF)cnc1OC(F)(F)F. The quantitative estimate of drug-likeness (QED) is 0.718. The first-order valence-corrected chi connectivity index (χ1v) is 3.67. The number of aromatic nitrogens is 1. The van der Waals surface area contributed by atoms with E-state index in [1.807, 2.05) is 0 Å². The maximum absolute atomic E-state index is 12.1. The van der Waals surface area contributed by atoms with Gasteiger partial charge in [-0.1, -0.05) is 0 Å². The standard InChI is InChI=1S/C8H4F4N2O/c9-2-5-1-6(3-13)7(14-4-5)15-8(10,11)12/h1,4H,2H2. The molecule has 1 rings (SSSR count). The lowest BCUT2D eigenvalue weighted by Crippen LogP contribution is -2.18. The molecule has 0 aliphatic carbocycles. The largest absolute Gasteiger partial charge is 0.574 e. The summed E-state index contributed by atoms with van der Waals surface area (Å²) in [4.78, 5) is 3.20. The summed E-state index contributed by atoms with van der Waals surface area (Å²) in [5.41, 5.74) is -0.441. The van der Waals surface area contributed by atoms with Crippen LogP contribution in [0.25, 0.3) is 0 Å². The third kappa shape index (κ3) is 3.09. The predicted molar refractivity (Wildman–Crippen MR) is 40.4 cm³/mol. The second-order valence-electron chi connectivity index (χ2n) is 2.49. The lowest BCUT2D eigenvalue weighted by Gasteiger charge is -2.08. The molecule has 7 heteroatoms. The minimum Gasteiger partial charge on any atom is -0.386 e. The molecular weight excluding hydrogens is 216 g/mol. The molecule has 0 spiro atoms. The van der Waals surface area contributed by atoms with Gasteiger partial charge in [-0.3, -0.25) is 0 Å². The number of pyridine rings is 1. The van der Waals surface area contributed by atoms with Crippen LogP contribution in [0.1, 0.15) is 11.1 Å². The zero-order chi connectivity index (χ0) is 11.5. The summed E-state index contributed by atoms with van der Waals surface area (Å²) >= 11 is 0. The van der Waals surface area contributed by atoms with E-state index in [1.54, 1.807) is 0 Å². The third-order valence-corrected chi connectivity index (χ3v) is 1.39. The van der Waals surface area contributed by atoms with Gasteiger partial charge >= 0.3 is 6.36 Å². The van der Waals surface area contributed by atoms with Crippen molar-refractivity contribution < 1.29 is 22.3 Å². The minimum absolute atomic E-state index is 0.0149. The van der Waals surface area contributed by atoms with Crippen LogP contribution in [0.3, 0.4) is 0 Å². The lowest BCUT2D eigenvalue weighted by molar-refractivity contribution is -0.276. The molecule has 0 atom stereocenters. The van der Waals surface area contributed by atoms with E-state index in [0.717, 1.165) is 12.3 Å². The Bertz CT molecular complexity index is 397. The molecule has 15 heavy (non-hydrogen) atoms. The molecule has 1 aromatic heterocycles. The van der Waals surface area contributed by atoms with Crippen LogP contribution in [-0.2, 0) is 6.67 Å². The van der Waals surface area contributed by atoms with Gasteiger partial charge in [0.15, 0.2) is 0 Å². The molecule has 0 aliphatic rings. The highest BCUT2D eigenvalue weighted by Crippen LogP contribution is 2.24. The molecule has 0 bridgehead atoms. The van der Waals surface area contributed by atoms with Crippen LogP contribution in [0.5, 0.6) is 5.88 Å². The number of halogens is 4. The van der Waals surface area contributed by atoms with Crippen molar-refractivity contribution in [2.45, 2.75) is 13.0 Å². The lowest BCUT2D eigenvalue weighted by atomic mass is 10.2. The summed E-state index contributed by atoms with van der Waals surface area (Å²) in [6.07, 6.45) is -4.04. The van der Waals surface area contributed by atoms with Crippen LogP contribution < -0.4 is 4.74 Å². The summed E-state index contributed by atoms with van der Waals surface area (Å²) in [6.45, 7) is -0.909. The van der Waals surface area contributed by atoms with Gasteiger partial charge in [-0.05, 0) is 6.07 Å². The molecule has 1 heterocycles. The molecule has 0 N–H and O–H groups in total. The van der Waals surface area contributed by atoms with Crippen molar-refractivity contribution >= 4 is 0 Å². The zero-order valence-corrected chi connectivity index (χ0v) is 7.18. The molecule has 0 amide bonds. The normalized spacial score (nSPS) is 10.9. The highest BCUT2D eigenvalue weighted by atomic mass is 19.4. The summed E-state index contributed by atoms with van der Waals surface area (Å²) in [5, 5.41) is 8.48. The summed E-state index contributed by atoms with van der Waals surface area (Å²) in [7, 11) is 0. The highest BCUT2D eigenvalue weighted by Gasteiger charge is 2.33. The number of ether oxygens (including phenoxy) is 1. The van der Waals surface area contributed by atoms with E-state index in [1.165, 1.54) is 6.07 Å². The van der Waals surface area contributed by atoms with Gasteiger partial charge in [0.25, 0.3) is 0 Å². The van der Waals surface area contributed by atoms with Crippen LogP contribution in [-0.4, -0.2) is 11.3 Å². The predicted octanol–water partition coefficient (Wildman–Crippen LogP) is 2.32. The number of hydrogen-bond acceptors (Lipinski definition) is 3. The summed E-state index contributed by atoms with van der Waals surface area (Å²) in [5.74, 6) is -0.873. The Kier molecular flexibility index (Phi) is 3.09. The van der Waals surface area contributed by atoms with Crippen molar-refractivity contribution in [3.05, 3.63) is 23.4 Å². The number of nitrogens with zero attached hydrogens (tertiary/aromatic N) is 2. The van der Waals surface area contributed by atoms with E-state index in [4.69, 9.17) is 5.26 Å². The van der Waals surface area contributed by atoms with Crippen LogP contribution in [0, 0.1) is 11.3 Å². The fraction of sp³-hybridized carbons (Fsp3) is 0.250. The van der Waals surface area contributed by atoms with Crippen molar-refractivity contribution in [2.75, 3.05) is 0 Å². The molecular formula is C8H4F4N2O. The van der Waals surface area contributed by atoms with Gasteiger partial charge < -0.3 is 4.74 Å². The van der Waals surface area contributed by atoms with Crippen LogP contribution in [0.4, 0.5) is 17.6 Å². The van der Waals surface area contributed by atoms with E-state index in [2.05, 4.69) is 9.72 Å². The average molecular weight is 220 g/mol. The summed E-state index contributed by atoms with van der Waals surface area (Å²) < 4.78 is 50.9. The monoisotopic (exact) mass is 220 g/mol. The van der Waals surface area contributed by atoms with Crippen molar-refractivity contribution in [1.29, 1.82) is 5.26 Å². The smallest absolute Gasteiger partial charge is 0.386 e. The first kappa shape index (κ1) is 11.2. The van der Waals surface area contributed by atoms with Gasteiger partial charge in [-0.2, -0.15) is 5.26 Å². The Morgan fingerprint density at radius 3 is 2.60 bits per heavy atom. The maximum Gasteiger partial charge on any atom is 0.574 e. The molecule has 1 aromatic rings. The van der Waals surface area contributed by atoms with Crippen molar-refractivity contribution in [3.8, 4) is 11.9 Å². The number of rotatable bonds is 2. The van der Waals surface area contributed by atoms with E-state index >= 15 is 0 Å². The third-order valence-electron chi connectivity index (χ3n) is 1.39. The van der Waals surface area contributed by atoms with Gasteiger partial charge in [0.05, 0.1) is 0 Å². The van der Waals surface area contributed by atoms with Crippen LogP contribution in [0.15, 0.2) is 12.3 Å². The second-order valence-corrected chi connectivity index (χ2v) is 2.49. The van der Waals surface area contributed by atoms with Gasteiger partial charge in [0, 0.05) is 11.8 Å². The van der Waals surface area contributed by atoms with Crippen molar-refractivity contribution in [1.82, 2.24) is 4.98 Å². The maximum atomic E-state index is 12.1. The van der Waals surface area contributed by atoms with Crippen LogP contribution in [0.2, 0.25) is 0 Å². The van der Waals surface area contributed by atoms with Gasteiger partial charge in [0.2, 0.25) is 5.88 Å². The Balaban J connectivity index is 3.04. The van der Waals surface area contributed by atoms with Crippen molar-refractivity contribution in [3.63, 3.8) is 0 Å². The average Bonchev–Trinajstić information content (AvgIpc) is 2.16.